The summed E-state index contributed by atoms with van der Waals surface area (Å²) >= 11 is 1.33. The molecule has 0 amide bonds. The molecule has 3 aromatic rings. The fourth-order valence-electron chi connectivity index (χ4n) is 3.05. The first kappa shape index (κ1) is 21.1. The van der Waals surface area contributed by atoms with E-state index >= 15 is 0 Å². The summed E-state index contributed by atoms with van der Waals surface area (Å²) in [6.45, 7) is 13.1. The van der Waals surface area contributed by atoms with Crippen LogP contribution in [0.4, 0.5) is 11.4 Å². The van der Waals surface area contributed by atoms with E-state index in [9.17, 15) is 0 Å². The molecular formula is C24H28N4S. The van der Waals surface area contributed by atoms with E-state index in [-0.39, 0.29) is 10.8 Å². The SMILES string of the molecule is CC(C)(C)c1ccccc1N=Cc1nsc(C=Nc2ccccc2C(C)(C)C)n1. The second-order valence-electron chi connectivity index (χ2n) is 9.04. The third-order valence-corrected chi connectivity index (χ3v) is 5.18. The zero-order valence-corrected chi connectivity index (χ0v) is 18.8. The Hall–Kier alpha value is -2.66. The number of rotatable bonds is 4. The quantitative estimate of drug-likeness (QED) is 0.458. The zero-order valence-electron chi connectivity index (χ0n) is 18.0. The highest BCUT2D eigenvalue weighted by Gasteiger charge is 2.18. The van der Waals surface area contributed by atoms with Crippen LogP contribution in [0.2, 0.25) is 0 Å². The summed E-state index contributed by atoms with van der Waals surface area (Å²) in [5.41, 5.74) is 4.39. The molecular weight excluding hydrogens is 376 g/mol. The predicted molar refractivity (Wildman–Crippen MR) is 125 cm³/mol. The Morgan fingerprint density at radius 3 is 1.72 bits per heavy atom. The van der Waals surface area contributed by atoms with Gasteiger partial charge in [0.25, 0.3) is 0 Å². The lowest BCUT2D eigenvalue weighted by atomic mass is 9.86. The lowest BCUT2D eigenvalue weighted by Gasteiger charge is -2.20. The lowest BCUT2D eigenvalue weighted by molar-refractivity contribution is 0.591. The molecule has 0 unspecified atom stereocenters. The maximum Gasteiger partial charge on any atom is 0.184 e. The van der Waals surface area contributed by atoms with E-state index in [2.05, 4.69) is 79.1 Å². The first-order valence-corrected chi connectivity index (χ1v) is 10.5. The summed E-state index contributed by atoms with van der Waals surface area (Å²) in [6.07, 6.45) is 3.50. The summed E-state index contributed by atoms with van der Waals surface area (Å²) in [4.78, 5) is 13.8. The molecule has 0 aliphatic heterocycles. The molecule has 29 heavy (non-hydrogen) atoms. The van der Waals surface area contributed by atoms with Crippen molar-refractivity contribution in [3.63, 3.8) is 0 Å². The minimum absolute atomic E-state index is 0.0295. The van der Waals surface area contributed by atoms with Gasteiger partial charge in [-0.25, -0.2) is 4.98 Å². The Balaban J connectivity index is 1.80. The van der Waals surface area contributed by atoms with Crippen molar-refractivity contribution >= 4 is 35.3 Å². The van der Waals surface area contributed by atoms with Crippen molar-refractivity contribution in [3.05, 3.63) is 70.5 Å². The molecule has 0 atom stereocenters. The molecule has 3 rings (SSSR count). The highest BCUT2D eigenvalue weighted by atomic mass is 32.1. The predicted octanol–water partition coefficient (Wildman–Crippen LogP) is 6.63. The third kappa shape index (κ3) is 5.45. The Morgan fingerprint density at radius 1 is 0.724 bits per heavy atom. The van der Waals surface area contributed by atoms with Crippen LogP contribution < -0.4 is 0 Å². The van der Waals surface area contributed by atoms with Crippen LogP contribution in [0.5, 0.6) is 0 Å². The molecule has 0 aliphatic carbocycles. The molecule has 0 fully saturated rings. The smallest absolute Gasteiger partial charge is 0.184 e. The van der Waals surface area contributed by atoms with Crippen LogP contribution >= 0.6 is 11.5 Å². The van der Waals surface area contributed by atoms with Crippen molar-refractivity contribution < 1.29 is 0 Å². The van der Waals surface area contributed by atoms with E-state index in [0.717, 1.165) is 16.4 Å². The van der Waals surface area contributed by atoms with E-state index in [1.54, 1.807) is 12.4 Å². The van der Waals surface area contributed by atoms with E-state index in [1.807, 2.05) is 30.3 Å². The van der Waals surface area contributed by atoms with Crippen molar-refractivity contribution in [3.8, 4) is 0 Å². The standard InChI is InChI=1S/C24H28N4S/c1-23(2,3)17-11-7-9-13-19(17)25-15-21-27-22(29-28-21)16-26-20-14-10-8-12-18(20)24(4,5)6/h7-16H,1-6H3. The monoisotopic (exact) mass is 404 g/mol. The van der Waals surface area contributed by atoms with Gasteiger partial charge >= 0.3 is 0 Å². The molecule has 150 valence electrons. The second kappa shape index (κ2) is 8.37. The average molecular weight is 405 g/mol. The minimum Gasteiger partial charge on any atom is -0.253 e. The van der Waals surface area contributed by atoms with Crippen molar-refractivity contribution in [2.45, 2.75) is 52.4 Å². The molecule has 0 saturated carbocycles. The van der Waals surface area contributed by atoms with Crippen LogP contribution in [0.25, 0.3) is 0 Å². The number of hydrogen-bond donors (Lipinski definition) is 0. The number of para-hydroxylation sites is 2. The molecule has 0 radical (unpaired) electrons. The van der Waals surface area contributed by atoms with E-state index in [0.29, 0.717) is 5.82 Å². The number of aromatic nitrogens is 2. The fourth-order valence-corrected chi connectivity index (χ4v) is 3.55. The maximum atomic E-state index is 4.66. The molecule has 1 aromatic heterocycles. The third-order valence-electron chi connectivity index (χ3n) is 4.51. The maximum absolute atomic E-state index is 4.66. The summed E-state index contributed by atoms with van der Waals surface area (Å²) in [5.74, 6) is 0.601. The van der Waals surface area contributed by atoms with Gasteiger partial charge in [-0.3, -0.25) is 9.98 Å². The highest BCUT2D eigenvalue weighted by molar-refractivity contribution is 7.07. The molecule has 0 bridgehead atoms. The molecule has 0 N–H and O–H groups in total. The van der Waals surface area contributed by atoms with E-state index < -0.39 is 0 Å². The Labute approximate surface area is 177 Å². The number of aliphatic imine (C=N–C) groups is 2. The van der Waals surface area contributed by atoms with Crippen LogP contribution in [0.1, 0.15) is 63.5 Å². The number of hydrogen-bond acceptors (Lipinski definition) is 5. The van der Waals surface area contributed by atoms with Gasteiger partial charge in [-0.2, -0.15) is 4.37 Å². The van der Waals surface area contributed by atoms with Crippen LogP contribution in [-0.4, -0.2) is 21.8 Å². The summed E-state index contributed by atoms with van der Waals surface area (Å²) in [6, 6.07) is 16.4. The van der Waals surface area contributed by atoms with E-state index in [1.165, 1.54) is 22.7 Å². The van der Waals surface area contributed by atoms with Crippen molar-refractivity contribution in [1.29, 1.82) is 0 Å². The van der Waals surface area contributed by atoms with Gasteiger partial charge < -0.3 is 0 Å². The van der Waals surface area contributed by atoms with Crippen molar-refractivity contribution in [1.82, 2.24) is 9.36 Å². The molecule has 5 heteroatoms. The molecule has 2 aromatic carbocycles. The Bertz CT molecular complexity index is 951. The molecule has 1 heterocycles. The molecule has 0 aliphatic rings. The number of nitrogens with zero attached hydrogens (tertiary/aromatic N) is 4. The summed E-state index contributed by atoms with van der Waals surface area (Å²) < 4.78 is 4.40. The lowest BCUT2D eigenvalue weighted by Crippen LogP contribution is -2.11. The normalized spacial score (nSPS) is 12.9. The second-order valence-corrected chi connectivity index (χ2v) is 9.82. The van der Waals surface area contributed by atoms with Gasteiger partial charge in [0.05, 0.1) is 23.8 Å². The molecule has 4 nitrogen and oxygen atoms in total. The average Bonchev–Trinajstić information content (AvgIpc) is 3.11. The van der Waals surface area contributed by atoms with Crippen LogP contribution in [-0.2, 0) is 10.8 Å². The first-order chi connectivity index (χ1) is 13.6. The van der Waals surface area contributed by atoms with Crippen molar-refractivity contribution in [2.75, 3.05) is 0 Å². The van der Waals surface area contributed by atoms with Gasteiger partial charge in [0, 0.05) is 0 Å². The fraction of sp³-hybridized carbons (Fsp3) is 0.333. The zero-order chi connectivity index (χ0) is 21.1. The summed E-state index contributed by atoms with van der Waals surface area (Å²) in [5, 5.41) is 0.763. The minimum atomic E-state index is 0.0295. The van der Waals surface area contributed by atoms with Crippen LogP contribution in [0.3, 0.4) is 0 Å². The Kier molecular flexibility index (Phi) is 6.08. The van der Waals surface area contributed by atoms with Gasteiger partial charge in [0.2, 0.25) is 0 Å². The van der Waals surface area contributed by atoms with E-state index in [4.69, 9.17) is 0 Å². The largest absolute Gasteiger partial charge is 0.253 e. The topological polar surface area (TPSA) is 50.5 Å². The van der Waals surface area contributed by atoms with Gasteiger partial charge in [-0.1, -0.05) is 77.9 Å². The molecule has 0 saturated heterocycles. The highest BCUT2D eigenvalue weighted by Crippen LogP contribution is 2.32. The van der Waals surface area contributed by atoms with Gasteiger partial charge in [-0.15, -0.1) is 0 Å². The molecule has 0 spiro atoms. The summed E-state index contributed by atoms with van der Waals surface area (Å²) in [7, 11) is 0. The van der Waals surface area contributed by atoms with Gasteiger partial charge in [-0.05, 0) is 45.6 Å². The van der Waals surface area contributed by atoms with Crippen LogP contribution in [0, 0.1) is 0 Å². The van der Waals surface area contributed by atoms with Gasteiger partial charge in [0.15, 0.2) is 10.8 Å². The van der Waals surface area contributed by atoms with Crippen LogP contribution in [0.15, 0.2) is 58.5 Å². The van der Waals surface area contributed by atoms with Crippen molar-refractivity contribution in [2.24, 2.45) is 9.98 Å². The van der Waals surface area contributed by atoms with Gasteiger partial charge in [0.1, 0.15) is 0 Å². The number of benzene rings is 2. The first-order valence-electron chi connectivity index (χ1n) is 9.75. The Morgan fingerprint density at radius 2 is 1.21 bits per heavy atom.